The van der Waals surface area contributed by atoms with Crippen LogP contribution in [0, 0.1) is 6.92 Å². The third-order valence-electron chi connectivity index (χ3n) is 4.95. The van der Waals surface area contributed by atoms with E-state index >= 15 is 0 Å². The van der Waals surface area contributed by atoms with Gasteiger partial charge in [0.05, 0.1) is 11.9 Å². The van der Waals surface area contributed by atoms with E-state index < -0.39 is 0 Å². The van der Waals surface area contributed by atoms with E-state index in [9.17, 15) is 0 Å². The van der Waals surface area contributed by atoms with Gasteiger partial charge in [0.25, 0.3) is 0 Å². The lowest BCUT2D eigenvalue weighted by Crippen LogP contribution is -2.45. The molecule has 4 nitrogen and oxygen atoms in total. The fourth-order valence-electron chi connectivity index (χ4n) is 3.45. The number of aromatic amines is 1. The Bertz CT molecular complexity index is 799. The lowest BCUT2D eigenvalue weighted by atomic mass is 10.1. The number of benzene rings is 2. The monoisotopic (exact) mass is 332 g/mol. The number of hydrogen-bond acceptors (Lipinski definition) is 3. The van der Waals surface area contributed by atoms with Crippen LogP contribution in [0.5, 0.6) is 0 Å². The number of rotatable bonds is 4. The van der Waals surface area contributed by atoms with Crippen molar-refractivity contribution in [1.82, 2.24) is 15.1 Å². The van der Waals surface area contributed by atoms with Crippen molar-refractivity contribution >= 4 is 5.69 Å². The number of piperazine rings is 1. The minimum absolute atomic E-state index is 0.947. The number of H-pyrrole nitrogens is 1. The second-order valence-electron chi connectivity index (χ2n) is 6.74. The van der Waals surface area contributed by atoms with E-state index in [1.165, 1.54) is 22.4 Å². The molecule has 4 rings (SSSR count). The van der Waals surface area contributed by atoms with Gasteiger partial charge in [0.1, 0.15) is 0 Å². The maximum absolute atomic E-state index is 4.29. The SMILES string of the molecule is Cc1ccc(-c2[nH]ncc2CN2CCN(c3ccccc3)CC2)cc1. The zero-order valence-electron chi connectivity index (χ0n) is 14.7. The molecular weight excluding hydrogens is 308 g/mol. The molecule has 4 heteroatoms. The number of hydrogen-bond donors (Lipinski definition) is 1. The third kappa shape index (κ3) is 3.59. The van der Waals surface area contributed by atoms with Crippen molar-refractivity contribution in [3.8, 4) is 11.3 Å². The average molecular weight is 332 g/mol. The van der Waals surface area contributed by atoms with Gasteiger partial charge in [-0.3, -0.25) is 10.00 Å². The first kappa shape index (κ1) is 15.9. The van der Waals surface area contributed by atoms with Gasteiger partial charge in [-0.2, -0.15) is 5.10 Å². The molecule has 0 radical (unpaired) electrons. The summed E-state index contributed by atoms with van der Waals surface area (Å²) in [6.45, 7) is 7.36. The lowest BCUT2D eigenvalue weighted by molar-refractivity contribution is 0.250. The summed E-state index contributed by atoms with van der Waals surface area (Å²) >= 11 is 0. The molecule has 0 bridgehead atoms. The van der Waals surface area contributed by atoms with Gasteiger partial charge in [-0.15, -0.1) is 0 Å². The van der Waals surface area contributed by atoms with Gasteiger partial charge in [-0.05, 0) is 24.6 Å². The largest absolute Gasteiger partial charge is 0.369 e. The van der Waals surface area contributed by atoms with Crippen LogP contribution in [0.15, 0.2) is 60.8 Å². The highest BCUT2D eigenvalue weighted by molar-refractivity contribution is 5.62. The zero-order valence-corrected chi connectivity index (χ0v) is 14.7. The molecule has 0 amide bonds. The maximum atomic E-state index is 4.29. The van der Waals surface area contributed by atoms with E-state index in [0.717, 1.165) is 38.4 Å². The second kappa shape index (κ2) is 7.11. The smallest absolute Gasteiger partial charge is 0.0695 e. The van der Waals surface area contributed by atoms with Crippen LogP contribution >= 0.6 is 0 Å². The summed E-state index contributed by atoms with van der Waals surface area (Å²) < 4.78 is 0. The summed E-state index contributed by atoms with van der Waals surface area (Å²) in [5, 5.41) is 7.47. The number of aryl methyl sites for hydroxylation is 1. The topological polar surface area (TPSA) is 35.2 Å². The maximum Gasteiger partial charge on any atom is 0.0695 e. The van der Waals surface area contributed by atoms with Crippen LogP contribution in [0.4, 0.5) is 5.69 Å². The van der Waals surface area contributed by atoms with Gasteiger partial charge in [-0.1, -0.05) is 48.0 Å². The Labute approximate surface area is 149 Å². The van der Waals surface area contributed by atoms with Gasteiger partial charge >= 0.3 is 0 Å². The number of aromatic nitrogens is 2. The molecule has 0 spiro atoms. The molecule has 128 valence electrons. The third-order valence-corrected chi connectivity index (χ3v) is 4.95. The summed E-state index contributed by atoms with van der Waals surface area (Å²) in [4.78, 5) is 4.98. The summed E-state index contributed by atoms with van der Waals surface area (Å²) in [6.07, 6.45) is 1.97. The minimum Gasteiger partial charge on any atom is -0.369 e. The van der Waals surface area contributed by atoms with E-state index in [-0.39, 0.29) is 0 Å². The molecule has 2 heterocycles. The number of para-hydroxylation sites is 1. The summed E-state index contributed by atoms with van der Waals surface area (Å²) in [5.41, 5.74) is 6.23. The quantitative estimate of drug-likeness (QED) is 0.791. The molecule has 2 aromatic carbocycles. The van der Waals surface area contributed by atoms with Gasteiger partial charge in [0, 0.05) is 44.0 Å². The zero-order chi connectivity index (χ0) is 17.1. The minimum atomic E-state index is 0.947. The normalized spacial score (nSPS) is 15.5. The van der Waals surface area contributed by atoms with Gasteiger partial charge in [0.2, 0.25) is 0 Å². The van der Waals surface area contributed by atoms with Gasteiger partial charge in [-0.25, -0.2) is 0 Å². The van der Waals surface area contributed by atoms with Crippen molar-refractivity contribution in [3.05, 3.63) is 71.9 Å². The van der Waals surface area contributed by atoms with Crippen LogP contribution in [0.2, 0.25) is 0 Å². The molecule has 1 aliphatic rings. The van der Waals surface area contributed by atoms with Crippen LogP contribution in [-0.2, 0) is 6.54 Å². The fraction of sp³-hybridized carbons (Fsp3) is 0.286. The summed E-state index contributed by atoms with van der Waals surface area (Å²) in [7, 11) is 0. The van der Waals surface area contributed by atoms with Crippen LogP contribution in [0.25, 0.3) is 11.3 Å². The van der Waals surface area contributed by atoms with Crippen molar-refractivity contribution in [2.75, 3.05) is 31.1 Å². The first-order valence-electron chi connectivity index (χ1n) is 8.91. The number of anilines is 1. The highest BCUT2D eigenvalue weighted by atomic mass is 15.3. The predicted octanol–water partition coefficient (Wildman–Crippen LogP) is 3.71. The molecule has 1 N–H and O–H groups in total. The van der Waals surface area contributed by atoms with Crippen LogP contribution < -0.4 is 4.90 Å². The Morgan fingerprint density at radius 2 is 1.64 bits per heavy atom. The van der Waals surface area contributed by atoms with Crippen molar-refractivity contribution < 1.29 is 0 Å². The standard InChI is InChI=1S/C21H24N4/c1-17-7-9-18(10-8-17)21-19(15-22-23-21)16-24-11-13-25(14-12-24)20-5-3-2-4-6-20/h2-10,15H,11-14,16H2,1H3,(H,22,23). The van der Waals surface area contributed by atoms with Crippen molar-refractivity contribution in [2.45, 2.75) is 13.5 Å². The predicted molar refractivity (Wildman–Crippen MR) is 103 cm³/mol. The Balaban J connectivity index is 1.41. The van der Waals surface area contributed by atoms with E-state index in [1.807, 2.05) is 6.20 Å². The number of nitrogens with zero attached hydrogens (tertiary/aromatic N) is 3. The Morgan fingerprint density at radius 3 is 2.36 bits per heavy atom. The first-order valence-corrected chi connectivity index (χ1v) is 8.91. The fourth-order valence-corrected chi connectivity index (χ4v) is 3.45. The number of nitrogens with one attached hydrogen (secondary N) is 1. The molecule has 0 unspecified atom stereocenters. The second-order valence-corrected chi connectivity index (χ2v) is 6.74. The average Bonchev–Trinajstić information content (AvgIpc) is 3.12. The Hall–Kier alpha value is -2.59. The highest BCUT2D eigenvalue weighted by Crippen LogP contribution is 2.23. The Morgan fingerprint density at radius 1 is 0.920 bits per heavy atom. The van der Waals surface area contributed by atoms with Crippen LogP contribution in [0.1, 0.15) is 11.1 Å². The molecule has 1 aliphatic heterocycles. The molecule has 0 saturated carbocycles. The van der Waals surface area contributed by atoms with Crippen molar-refractivity contribution in [1.29, 1.82) is 0 Å². The van der Waals surface area contributed by atoms with Gasteiger partial charge < -0.3 is 4.90 Å². The molecule has 0 atom stereocenters. The molecular formula is C21H24N4. The van der Waals surface area contributed by atoms with E-state index in [2.05, 4.69) is 81.5 Å². The van der Waals surface area contributed by atoms with Crippen LogP contribution in [0.3, 0.4) is 0 Å². The first-order chi connectivity index (χ1) is 12.3. The molecule has 0 aliphatic carbocycles. The van der Waals surface area contributed by atoms with Crippen molar-refractivity contribution in [3.63, 3.8) is 0 Å². The molecule has 25 heavy (non-hydrogen) atoms. The van der Waals surface area contributed by atoms with E-state index in [1.54, 1.807) is 0 Å². The Kier molecular flexibility index (Phi) is 4.53. The van der Waals surface area contributed by atoms with E-state index in [0.29, 0.717) is 0 Å². The lowest BCUT2D eigenvalue weighted by Gasteiger charge is -2.36. The molecule has 3 aromatic rings. The molecule has 1 aromatic heterocycles. The molecule has 1 fully saturated rings. The summed E-state index contributed by atoms with van der Waals surface area (Å²) in [5.74, 6) is 0. The van der Waals surface area contributed by atoms with Crippen molar-refractivity contribution in [2.24, 2.45) is 0 Å². The molecule has 1 saturated heterocycles. The highest BCUT2D eigenvalue weighted by Gasteiger charge is 2.19. The summed E-state index contributed by atoms with van der Waals surface area (Å²) in [6, 6.07) is 19.3. The van der Waals surface area contributed by atoms with Crippen LogP contribution in [-0.4, -0.2) is 41.3 Å². The van der Waals surface area contributed by atoms with Gasteiger partial charge in [0.15, 0.2) is 0 Å². The van der Waals surface area contributed by atoms with E-state index in [4.69, 9.17) is 0 Å².